The highest BCUT2D eigenvalue weighted by atomic mass is 32.1. The first-order valence-corrected chi connectivity index (χ1v) is 5.33. The second-order valence-corrected chi connectivity index (χ2v) is 3.90. The van der Waals surface area contributed by atoms with Crippen molar-refractivity contribution in [2.75, 3.05) is 13.7 Å². The summed E-state index contributed by atoms with van der Waals surface area (Å²) in [6, 6.07) is 0. The van der Waals surface area contributed by atoms with E-state index in [-0.39, 0.29) is 0 Å². The van der Waals surface area contributed by atoms with Crippen molar-refractivity contribution >= 4 is 17.3 Å². The van der Waals surface area contributed by atoms with Gasteiger partial charge >= 0.3 is 0 Å². The lowest BCUT2D eigenvalue weighted by atomic mass is 9.90. The molecular formula is C9H18N2OS. The molecule has 0 aromatic carbocycles. The molecule has 0 aromatic rings. The fraction of sp³-hybridized carbons (Fsp3) is 0.889. The Balaban J connectivity index is 2.01. The molecule has 13 heavy (non-hydrogen) atoms. The second-order valence-electron chi connectivity index (χ2n) is 3.50. The Bertz CT molecular complexity index is 158. The van der Waals surface area contributed by atoms with Crippen LogP contribution in [0.2, 0.25) is 0 Å². The molecule has 1 aliphatic carbocycles. The number of hydrogen-bond acceptors (Lipinski definition) is 2. The minimum atomic E-state index is 0.552. The van der Waals surface area contributed by atoms with E-state index in [2.05, 4.69) is 10.8 Å². The van der Waals surface area contributed by atoms with E-state index >= 15 is 0 Å². The minimum Gasteiger partial charge on any atom is -0.364 e. The van der Waals surface area contributed by atoms with E-state index in [1.54, 1.807) is 7.05 Å². The normalized spacial score (nSPS) is 18.2. The van der Waals surface area contributed by atoms with Crippen LogP contribution in [0.1, 0.15) is 32.1 Å². The summed E-state index contributed by atoms with van der Waals surface area (Å²) in [6.07, 6.45) is 6.69. The van der Waals surface area contributed by atoms with E-state index in [0.29, 0.717) is 5.11 Å². The summed E-state index contributed by atoms with van der Waals surface area (Å²) in [5.41, 5.74) is 2.70. The standard InChI is InChI=1S/C9H18N2OS/c1-10-9(13)11-12-7-8-5-3-2-4-6-8/h8H,2-7H2,1H3,(H2,10,11,13). The summed E-state index contributed by atoms with van der Waals surface area (Å²) in [4.78, 5) is 5.27. The molecule has 0 amide bonds. The topological polar surface area (TPSA) is 33.3 Å². The molecule has 0 aliphatic heterocycles. The molecule has 1 aliphatic rings. The van der Waals surface area contributed by atoms with Gasteiger partial charge in [-0.1, -0.05) is 19.3 Å². The molecule has 1 fully saturated rings. The molecule has 0 aromatic heterocycles. The molecule has 0 spiro atoms. The molecule has 0 atom stereocenters. The lowest BCUT2D eigenvalue weighted by Gasteiger charge is -2.21. The van der Waals surface area contributed by atoms with Gasteiger partial charge in [0, 0.05) is 7.05 Å². The summed E-state index contributed by atoms with van der Waals surface area (Å²) in [5, 5.41) is 3.35. The van der Waals surface area contributed by atoms with Gasteiger partial charge in [0.25, 0.3) is 0 Å². The lowest BCUT2D eigenvalue weighted by molar-refractivity contribution is 0.0447. The van der Waals surface area contributed by atoms with Gasteiger partial charge in [-0.3, -0.25) is 4.84 Å². The summed E-state index contributed by atoms with van der Waals surface area (Å²) >= 11 is 4.87. The molecule has 0 unspecified atom stereocenters. The van der Waals surface area contributed by atoms with Crippen molar-refractivity contribution in [3.05, 3.63) is 0 Å². The molecule has 2 N–H and O–H groups in total. The SMILES string of the molecule is CNC(=S)NOCC1CCCCC1. The van der Waals surface area contributed by atoms with Crippen LogP contribution in [-0.2, 0) is 4.84 Å². The Morgan fingerprint density at radius 2 is 2.08 bits per heavy atom. The number of nitrogens with one attached hydrogen (secondary N) is 2. The van der Waals surface area contributed by atoms with E-state index < -0.39 is 0 Å². The largest absolute Gasteiger partial charge is 0.364 e. The molecule has 4 heteroatoms. The highest BCUT2D eigenvalue weighted by Gasteiger charge is 2.13. The smallest absolute Gasteiger partial charge is 0.190 e. The van der Waals surface area contributed by atoms with E-state index in [0.717, 1.165) is 12.5 Å². The van der Waals surface area contributed by atoms with Crippen LogP contribution in [0.4, 0.5) is 0 Å². The summed E-state index contributed by atoms with van der Waals surface area (Å²) in [6.45, 7) is 0.780. The highest BCUT2D eigenvalue weighted by molar-refractivity contribution is 7.80. The third-order valence-corrected chi connectivity index (χ3v) is 2.72. The third-order valence-electron chi connectivity index (χ3n) is 2.44. The zero-order valence-corrected chi connectivity index (χ0v) is 8.95. The van der Waals surface area contributed by atoms with Gasteiger partial charge < -0.3 is 5.32 Å². The van der Waals surface area contributed by atoms with Crippen LogP contribution in [0.15, 0.2) is 0 Å². The molecule has 1 rings (SSSR count). The maximum atomic E-state index is 5.27. The Kier molecular flexibility index (Phi) is 5.08. The van der Waals surface area contributed by atoms with Crippen molar-refractivity contribution in [2.45, 2.75) is 32.1 Å². The summed E-state index contributed by atoms with van der Waals surface area (Å²) < 4.78 is 0. The number of hydroxylamine groups is 1. The van der Waals surface area contributed by atoms with Crippen LogP contribution in [0.5, 0.6) is 0 Å². The van der Waals surface area contributed by atoms with E-state index in [1.807, 2.05) is 0 Å². The van der Waals surface area contributed by atoms with Gasteiger partial charge in [-0.15, -0.1) is 0 Å². The van der Waals surface area contributed by atoms with Crippen molar-refractivity contribution in [3.63, 3.8) is 0 Å². The maximum Gasteiger partial charge on any atom is 0.190 e. The first-order valence-electron chi connectivity index (χ1n) is 4.92. The van der Waals surface area contributed by atoms with Gasteiger partial charge in [-0.25, -0.2) is 5.48 Å². The minimum absolute atomic E-state index is 0.552. The molecule has 0 bridgehead atoms. The molecule has 0 saturated heterocycles. The fourth-order valence-corrected chi connectivity index (χ4v) is 1.69. The van der Waals surface area contributed by atoms with Gasteiger partial charge in [0.1, 0.15) is 0 Å². The predicted octanol–water partition coefficient (Wildman–Crippen LogP) is 1.59. The zero-order chi connectivity index (χ0) is 9.52. The van der Waals surface area contributed by atoms with Crippen LogP contribution in [-0.4, -0.2) is 18.8 Å². The van der Waals surface area contributed by atoms with E-state index in [1.165, 1.54) is 32.1 Å². The van der Waals surface area contributed by atoms with E-state index in [4.69, 9.17) is 17.1 Å². The van der Waals surface area contributed by atoms with Gasteiger partial charge in [-0.2, -0.15) is 0 Å². The summed E-state index contributed by atoms with van der Waals surface area (Å²) in [5.74, 6) is 0.723. The monoisotopic (exact) mass is 202 g/mol. The highest BCUT2D eigenvalue weighted by Crippen LogP contribution is 2.23. The Morgan fingerprint density at radius 1 is 1.38 bits per heavy atom. The Labute approximate surface area is 85.2 Å². The first kappa shape index (κ1) is 10.7. The zero-order valence-electron chi connectivity index (χ0n) is 8.14. The molecular weight excluding hydrogens is 184 g/mol. The third kappa shape index (κ3) is 4.43. The van der Waals surface area contributed by atoms with Gasteiger partial charge in [-0.05, 0) is 31.0 Å². The molecule has 1 saturated carbocycles. The van der Waals surface area contributed by atoms with Gasteiger partial charge in [0.2, 0.25) is 0 Å². The van der Waals surface area contributed by atoms with Crippen molar-refractivity contribution < 1.29 is 4.84 Å². The van der Waals surface area contributed by atoms with Crippen molar-refractivity contribution in [1.82, 2.24) is 10.8 Å². The Hall–Kier alpha value is -0.350. The van der Waals surface area contributed by atoms with Crippen molar-refractivity contribution in [3.8, 4) is 0 Å². The van der Waals surface area contributed by atoms with Crippen LogP contribution in [0.3, 0.4) is 0 Å². The molecule has 0 heterocycles. The summed E-state index contributed by atoms with van der Waals surface area (Å²) in [7, 11) is 1.78. The van der Waals surface area contributed by atoms with Gasteiger partial charge in [0.05, 0.1) is 6.61 Å². The molecule has 0 radical (unpaired) electrons. The van der Waals surface area contributed by atoms with Crippen LogP contribution < -0.4 is 10.8 Å². The van der Waals surface area contributed by atoms with Crippen LogP contribution >= 0.6 is 12.2 Å². The fourth-order valence-electron chi connectivity index (χ4n) is 1.63. The molecule has 3 nitrogen and oxygen atoms in total. The van der Waals surface area contributed by atoms with E-state index in [9.17, 15) is 0 Å². The van der Waals surface area contributed by atoms with Crippen LogP contribution in [0, 0.1) is 5.92 Å². The maximum absolute atomic E-state index is 5.27. The number of rotatable bonds is 3. The lowest BCUT2D eigenvalue weighted by Crippen LogP contribution is -2.34. The number of thiocarbonyl (C=S) groups is 1. The van der Waals surface area contributed by atoms with Gasteiger partial charge in [0.15, 0.2) is 5.11 Å². The van der Waals surface area contributed by atoms with Crippen molar-refractivity contribution in [1.29, 1.82) is 0 Å². The Morgan fingerprint density at radius 3 is 2.69 bits per heavy atom. The first-order chi connectivity index (χ1) is 6.33. The quantitative estimate of drug-likeness (QED) is 0.538. The predicted molar refractivity (Wildman–Crippen MR) is 57.3 cm³/mol. The average Bonchev–Trinajstić information content (AvgIpc) is 2.19. The average molecular weight is 202 g/mol. The van der Waals surface area contributed by atoms with Crippen LogP contribution in [0.25, 0.3) is 0 Å². The van der Waals surface area contributed by atoms with Crippen molar-refractivity contribution in [2.24, 2.45) is 5.92 Å². The second kappa shape index (κ2) is 6.16. The number of hydrogen-bond donors (Lipinski definition) is 2. The molecule has 76 valence electrons.